The highest BCUT2D eigenvalue weighted by atomic mass is 35.5. The van der Waals surface area contributed by atoms with Gasteiger partial charge in [-0.15, -0.1) is 0 Å². The zero-order chi connectivity index (χ0) is 30.4. The summed E-state index contributed by atoms with van der Waals surface area (Å²) in [5, 5.41) is 0.735. The average Bonchev–Trinajstić information content (AvgIpc) is 3.47. The largest absolute Gasteiger partial charge is 0.456 e. The molecule has 5 heteroatoms. The summed E-state index contributed by atoms with van der Waals surface area (Å²) in [5.41, 5.74) is 8.30. The number of carbonyl (C=O) groups excluding carboxylic acids is 1. The molecule has 1 fully saturated rings. The first kappa shape index (κ1) is 29.7. The minimum atomic E-state index is -0.0290. The summed E-state index contributed by atoms with van der Waals surface area (Å²) >= 11 is 6.20. The Morgan fingerprint density at radius 2 is 1.42 bits per heavy atom. The van der Waals surface area contributed by atoms with Crippen molar-refractivity contribution in [2.75, 3.05) is 26.2 Å². The van der Waals surface area contributed by atoms with Crippen LogP contribution < -0.4 is 0 Å². The summed E-state index contributed by atoms with van der Waals surface area (Å²) in [5.74, 6) is 1.24. The molecule has 1 aromatic heterocycles. The van der Waals surface area contributed by atoms with Gasteiger partial charge in [-0.1, -0.05) is 93.9 Å². The second kappa shape index (κ2) is 11.6. The van der Waals surface area contributed by atoms with Crippen LogP contribution in [0.15, 0.2) is 83.3 Å². The molecular weight excluding hydrogens is 552 g/mol. The minimum Gasteiger partial charge on any atom is -0.456 e. The molecule has 0 N–H and O–H groups in total. The van der Waals surface area contributed by atoms with Crippen molar-refractivity contribution in [3.8, 4) is 0 Å². The minimum absolute atomic E-state index is 0.0290. The number of halogens is 1. The molecule has 0 bridgehead atoms. The molecule has 6 rings (SSSR count). The lowest BCUT2D eigenvalue weighted by molar-refractivity contribution is 0.0566. The molecule has 43 heavy (non-hydrogen) atoms. The molecule has 0 saturated carbocycles. The molecule has 1 aliphatic heterocycles. The van der Waals surface area contributed by atoms with Gasteiger partial charge < -0.3 is 9.32 Å². The molecule has 1 aliphatic carbocycles. The van der Waals surface area contributed by atoms with Gasteiger partial charge in [0.2, 0.25) is 0 Å². The van der Waals surface area contributed by atoms with Crippen LogP contribution in [0.2, 0.25) is 5.02 Å². The fourth-order valence-electron chi connectivity index (χ4n) is 6.97. The Morgan fingerprint density at radius 1 is 0.814 bits per heavy atom. The number of benzene rings is 3. The number of fused-ring (bicyclic) bond motifs is 1. The fourth-order valence-corrected chi connectivity index (χ4v) is 7.09. The highest BCUT2D eigenvalue weighted by Crippen LogP contribution is 2.46. The van der Waals surface area contributed by atoms with E-state index in [9.17, 15) is 4.79 Å². The van der Waals surface area contributed by atoms with Gasteiger partial charge >= 0.3 is 0 Å². The number of furan rings is 1. The highest BCUT2D eigenvalue weighted by Gasteiger charge is 2.37. The van der Waals surface area contributed by atoms with E-state index in [1.165, 1.54) is 46.2 Å². The molecule has 0 radical (unpaired) electrons. The molecular formula is C38H43ClN2O2. The lowest BCUT2D eigenvalue weighted by Gasteiger charge is -2.42. The number of nitrogens with zero attached hydrogens (tertiary/aromatic N) is 2. The normalized spacial score (nSPS) is 18.7. The van der Waals surface area contributed by atoms with E-state index >= 15 is 0 Å². The first-order valence-corrected chi connectivity index (χ1v) is 16.0. The van der Waals surface area contributed by atoms with E-state index in [4.69, 9.17) is 16.0 Å². The Bertz CT molecular complexity index is 1590. The third-order valence-corrected chi connectivity index (χ3v) is 10.1. The molecule has 1 saturated heterocycles. The monoisotopic (exact) mass is 594 g/mol. The van der Waals surface area contributed by atoms with Gasteiger partial charge in [-0.25, -0.2) is 0 Å². The third kappa shape index (κ3) is 6.05. The molecule has 4 aromatic rings. The summed E-state index contributed by atoms with van der Waals surface area (Å²) in [4.78, 5) is 17.9. The third-order valence-electron chi connectivity index (χ3n) is 9.81. The Hall–Kier alpha value is -3.34. The summed E-state index contributed by atoms with van der Waals surface area (Å²) in [7, 11) is 0. The fraction of sp³-hybridized carbons (Fsp3) is 0.395. The Labute approximate surface area is 261 Å². The maximum absolute atomic E-state index is 13.5. The van der Waals surface area contributed by atoms with Crippen LogP contribution in [0.25, 0.3) is 0 Å². The van der Waals surface area contributed by atoms with E-state index in [0.717, 1.165) is 23.9 Å². The van der Waals surface area contributed by atoms with Crippen LogP contribution >= 0.6 is 11.6 Å². The molecule has 2 heterocycles. The van der Waals surface area contributed by atoms with Crippen LogP contribution in [0, 0.1) is 6.92 Å². The second-order valence-corrected chi connectivity index (χ2v) is 14.2. The molecule has 1 unspecified atom stereocenters. The van der Waals surface area contributed by atoms with Gasteiger partial charge in [0, 0.05) is 37.6 Å². The van der Waals surface area contributed by atoms with E-state index in [1.807, 2.05) is 35.2 Å². The molecule has 224 valence electrons. The molecule has 4 nitrogen and oxygen atoms in total. The van der Waals surface area contributed by atoms with E-state index in [2.05, 4.69) is 88.0 Å². The zero-order valence-electron chi connectivity index (χ0n) is 26.1. The van der Waals surface area contributed by atoms with Gasteiger partial charge in [-0.3, -0.25) is 9.69 Å². The van der Waals surface area contributed by atoms with Crippen LogP contribution in [0.5, 0.6) is 0 Å². The van der Waals surface area contributed by atoms with Crippen LogP contribution in [-0.4, -0.2) is 41.9 Å². The van der Waals surface area contributed by atoms with E-state index in [0.29, 0.717) is 25.3 Å². The predicted octanol–water partition coefficient (Wildman–Crippen LogP) is 8.73. The standard InChI is InChI=1S/C38H43ClN2O2/c1-26-23-32-33(38(4,5)18-17-37(32,2)3)25-29(26)24-31-15-16-34(43-31)36(42)41-21-19-40(20-22-41)35(27-9-7-6-8-10-27)28-11-13-30(39)14-12-28/h6-16,23,25,35H,17-22,24H2,1-5H3. The smallest absolute Gasteiger partial charge is 0.289 e. The first-order valence-electron chi connectivity index (χ1n) is 15.6. The number of piperazine rings is 1. The molecule has 3 aromatic carbocycles. The highest BCUT2D eigenvalue weighted by molar-refractivity contribution is 6.30. The van der Waals surface area contributed by atoms with Crippen molar-refractivity contribution in [3.05, 3.63) is 129 Å². The lowest BCUT2D eigenvalue weighted by Crippen LogP contribution is -2.49. The Kier molecular flexibility index (Phi) is 8.04. The van der Waals surface area contributed by atoms with Crippen molar-refractivity contribution < 1.29 is 9.21 Å². The van der Waals surface area contributed by atoms with Gasteiger partial charge in [0.05, 0.1) is 6.04 Å². The number of aryl methyl sites for hydroxylation is 1. The quantitative estimate of drug-likeness (QED) is 0.224. The average molecular weight is 595 g/mol. The van der Waals surface area contributed by atoms with Crippen molar-refractivity contribution in [3.63, 3.8) is 0 Å². The molecule has 1 amide bonds. The van der Waals surface area contributed by atoms with Crippen molar-refractivity contribution in [1.29, 1.82) is 0 Å². The maximum atomic E-state index is 13.5. The van der Waals surface area contributed by atoms with Crippen molar-refractivity contribution in [1.82, 2.24) is 9.80 Å². The Balaban J connectivity index is 1.15. The number of carbonyl (C=O) groups is 1. The zero-order valence-corrected chi connectivity index (χ0v) is 26.9. The van der Waals surface area contributed by atoms with Gasteiger partial charge in [0.1, 0.15) is 5.76 Å². The van der Waals surface area contributed by atoms with Gasteiger partial charge in [0.15, 0.2) is 5.76 Å². The van der Waals surface area contributed by atoms with E-state index < -0.39 is 0 Å². The molecule has 1 atom stereocenters. The van der Waals surface area contributed by atoms with Crippen molar-refractivity contribution in [2.45, 2.75) is 70.8 Å². The number of rotatable bonds is 6. The van der Waals surface area contributed by atoms with Crippen molar-refractivity contribution in [2.24, 2.45) is 0 Å². The van der Waals surface area contributed by atoms with Crippen molar-refractivity contribution >= 4 is 17.5 Å². The molecule has 0 spiro atoms. The summed E-state index contributed by atoms with van der Waals surface area (Å²) in [6, 6.07) is 27.4. The number of amides is 1. The predicted molar refractivity (Wildman–Crippen MR) is 175 cm³/mol. The molecule has 2 aliphatic rings. The van der Waals surface area contributed by atoms with Crippen LogP contribution in [0.4, 0.5) is 0 Å². The van der Waals surface area contributed by atoms with E-state index in [1.54, 1.807) is 0 Å². The second-order valence-electron chi connectivity index (χ2n) is 13.7. The Morgan fingerprint density at radius 3 is 2.07 bits per heavy atom. The summed E-state index contributed by atoms with van der Waals surface area (Å²) in [6.07, 6.45) is 3.09. The van der Waals surface area contributed by atoms with E-state index in [-0.39, 0.29) is 22.8 Å². The van der Waals surface area contributed by atoms with Crippen LogP contribution in [-0.2, 0) is 17.3 Å². The maximum Gasteiger partial charge on any atom is 0.289 e. The summed E-state index contributed by atoms with van der Waals surface area (Å²) < 4.78 is 6.20. The van der Waals surface area contributed by atoms with Gasteiger partial charge in [-0.05, 0) is 88.2 Å². The SMILES string of the molecule is Cc1cc2c(cc1Cc1ccc(C(=O)N3CCN(C(c4ccccc4)c4ccc(Cl)cc4)CC3)o1)C(C)(C)CCC2(C)C. The number of hydrogen-bond acceptors (Lipinski definition) is 3. The number of hydrogen-bond donors (Lipinski definition) is 0. The van der Waals surface area contributed by atoms with Crippen LogP contribution in [0.3, 0.4) is 0 Å². The lowest BCUT2D eigenvalue weighted by atomic mass is 9.62. The van der Waals surface area contributed by atoms with Gasteiger partial charge in [0.25, 0.3) is 5.91 Å². The first-order chi connectivity index (χ1) is 20.5. The van der Waals surface area contributed by atoms with Crippen LogP contribution in [0.1, 0.15) is 96.3 Å². The topological polar surface area (TPSA) is 36.7 Å². The summed E-state index contributed by atoms with van der Waals surface area (Å²) in [6.45, 7) is 14.5. The van der Waals surface area contributed by atoms with Gasteiger partial charge in [-0.2, -0.15) is 0 Å².